The zero-order valence-corrected chi connectivity index (χ0v) is 12.8. The summed E-state index contributed by atoms with van der Waals surface area (Å²) in [7, 11) is -1.73. The molecule has 0 saturated heterocycles. The number of rotatable bonds is 7. The number of imidazole rings is 1. The first-order valence-corrected chi connectivity index (χ1v) is 8.03. The van der Waals surface area contributed by atoms with Crippen molar-refractivity contribution in [3.63, 3.8) is 0 Å². The third-order valence-electron chi connectivity index (χ3n) is 2.83. The van der Waals surface area contributed by atoms with E-state index in [1.807, 2.05) is 24.7 Å². The molecule has 114 valence electrons. The Morgan fingerprint density at radius 3 is 2.52 bits per heavy atom. The normalized spacial score (nSPS) is 11.5. The Morgan fingerprint density at radius 1 is 1.24 bits per heavy atom. The van der Waals surface area contributed by atoms with E-state index in [1.54, 1.807) is 6.20 Å². The summed E-state index contributed by atoms with van der Waals surface area (Å²) < 4.78 is 28.5. The van der Waals surface area contributed by atoms with Crippen LogP contribution in [0, 0.1) is 0 Å². The van der Waals surface area contributed by atoms with Crippen molar-refractivity contribution < 1.29 is 8.42 Å². The van der Waals surface area contributed by atoms with Gasteiger partial charge in [-0.2, -0.15) is 0 Å². The second-order valence-electron chi connectivity index (χ2n) is 4.37. The standard InChI is InChI=1S/C12H18N6O2S/c1-3-13-12-15-8-10(9-16-12)21(19,20)17-5-4-11-14-6-7-18(11)2/h6-9,17H,3-5H2,1-2H3,(H,13,15,16). The van der Waals surface area contributed by atoms with Gasteiger partial charge in [-0.25, -0.2) is 28.1 Å². The molecule has 0 aliphatic heterocycles. The molecule has 0 unspecified atom stereocenters. The maximum Gasteiger partial charge on any atom is 0.243 e. The van der Waals surface area contributed by atoms with E-state index in [2.05, 4.69) is 25.0 Å². The molecule has 2 aromatic heterocycles. The van der Waals surface area contributed by atoms with Crippen molar-refractivity contribution in [1.82, 2.24) is 24.2 Å². The van der Waals surface area contributed by atoms with Crippen LogP contribution in [0.1, 0.15) is 12.7 Å². The highest BCUT2D eigenvalue weighted by molar-refractivity contribution is 7.89. The van der Waals surface area contributed by atoms with Crippen molar-refractivity contribution in [3.8, 4) is 0 Å². The lowest BCUT2D eigenvalue weighted by Gasteiger charge is -2.07. The maximum atomic E-state index is 12.1. The van der Waals surface area contributed by atoms with Gasteiger partial charge >= 0.3 is 0 Å². The number of aryl methyl sites for hydroxylation is 1. The maximum absolute atomic E-state index is 12.1. The highest BCUT2D eigenvalue weighted by Gasteiger charge is 2.15. The molecular weight excluding hydrogens is 292 g/mol. The van der Waals surface area contributed by atoms with E-state index in [4.69, 9.17) is 0 Å². The van der Waals surface area contributed by atoms with Gasteiger partial charge in [-0.15, -0.1) is 0 Å². The van der Waals surface area contributed by atoms with Crippen LogP contribution in [0.15, 0.2) is 29.7 Å². The van der Waals surface area contributed by atoms with Crippen LogP contribution in [-0.4, -0.2) is 41.0 Å². The molecule has 0 bridgehead atoms. The minimum Gasteiger partial charge on any atom is -0.355 e. The molecule has 0 aliphatic carbocycles. The summed E-state index contributed by atoms with van der Waals surface area (Å²) in [5, 5.41) is 2.91. The van der Waals surface area contributed by atoms with Gasteiger partial charge < -0.3 is 9.88 Å². The van der Waals surface area contributed by atoms with Crippen LogP contribution in [0.5, 0.6) is 0 Å². The molecule has 0 aromatic carbocycles. The van der Waals surface area contributed by atoms with Crippen LogP contribution in [0.25, 0.3) is 0 Å². The average molecular weight is 310 g/mol. The van der Waals surface area contributed by atoms with Gasteiger partial charge in [0.25, 0.3) is 0 Å². The summed E-state index contributed by atoms with van der Waals surface area (Å²) in [6.45, 7) is 2.85. The van der Waals surface area contributed by atoms with Gasteiger partial charge in [0, 0.05) is 39.0 Å². The summed E-state index contributed by atoms with van der Waals surface area (Å²) in [6, 6.07) is 0. The quantitative estimate of drug-likeness (QED) is 0.755. The van der Waals surface area contributed by atoms with Crippen molar-refractivity contribution in [3.05, 3.63) is 30.6 Å². The topological polar surface area (TPSA) is 102 Å². The molecule has 0 atom stereocenters. The highest BCUT2D eigenvalue weighted by Crippen LogP contribution is 2.07. The number of anilines is 1. The Bertz CT molecular complexity index is 680. The first kappa shape index (κ1) is 15.4. The van der Waals surface area contributed by atoms with Crippen LogP contribution < -0.4 is 10.0 Å². The largest absolute Gasteiger partial charge is 0.355 e. The average Bonchev–Trinajstić information content (AvgIpc) is 2.85. The van der Waals surface area contributed by atoms with Gasteiger partial charge in [-0.3, -0.25) is 0 Å². The fraction of sp³-hybridized carbons (Fsp3) is 0.417. The van der Waals surface area contributed by atoms with E-state index in [-0.39, 0.29) is 11.4 Å². The lowest BCUT2D eigenvalue weighted by atomic mass is 10.4. The van der Waals surface area contributed by atoms with Crippen LogP contribution in [0.2, 0.25) is 0 Å². The summed E-state index contributed by atoms with van der Waals surface area (Å²) in [4.78, 5) is 12.1. The van der Waals surface area contributed by atoms with Gasteiger partial charge in [0.15, 0.2) is 0 Å². The molecule has 0 aliphatic rings. The monoisotopic (exact) mass is 310 g/mol. The Balaban J connectivity index is 1.96. The molecule has 0 radical (unpaired) electrons. The van der Waals surface area contributed by atoms with E-state index >= 15 is 0 Å². The molecule has 2 aromatic rings. The molecule has 0 spiro atoms. The van der Waals surface area contributed by atoms with Crippen LogP contribution in [0.3, 0.4) is 0 Å². The Labute approximate surface area is 123 Å². The Morgan fingerprint density at radius 2 is 1.95 bits per heavy atom. The van der Waals surface area contributed by atoms with Gasteiger partial charge in [0.1, 0.15) is 10.7 Å². The predicted octanol–water partition coefficient (Wildman–Crippen LogP) is 0.163. The number of nitrogens with one attached hydrogen (secondary N) is 2. The number of hydrogen-bond acceptors (Lipinski definition) is 6. The number of sulfonamides is 1. The summed E-state index contributed by atoms with van der Waals surface area (Å²) in [5.41, 5.74) is 0. The molecular formula is C12H18N6O2S. The third kappa shape index (κ3) is 3.99. The van der Waals surface area contributed by atoms with Gasteiger partial charge in [-0.05, 0) is 6.92 Å². The van der Waals surface area contributed by atoms with E-state index in [9.17, 15) is 8.42 Å². The van der Waals surface area contributed by atoms with Gasteiger partial charge in [0.05, 0.1) is 12.4 Å². The molecule has 2 rings (SSSR count). The first-order valence-electron chi connectivity index (χ1n) is 6.54. The Kier molecular flexibility index (Phi) is 4.86. The minimum atomic E-state index is -3.60. The second kappa shape index (κ2) is 6.64. The first-order chi connectivity index (χ1) is 10.0. The molecule has 8 nitrogen and oxygen atoms in total. The smallest absolute Gasteiger partial charge is 0.243 e. The zero-order chi connectivity index (χ0) is 15.3. The van der Waals surface area contributed by atoms with E-state index < -0.39 is 10.0 Å². The minimum absolute atomic E-state index is 0.0454. The fourth-order valence-corrected chi connectivity index (χ4v) is 2.64. The van der Waals surface area contributed by atoms with Crippen LogP contribution >= 0.6 is 0 Å². The molecule has 0 fully saturated rings. The van der Waals surface area contributed by atoms with Crippen molar-refractivity contribution in [2.24, 2.45) is 7.05 Å². The summed E-state index contributed by atoms with van der Waals surface area (Å²) >= 11 is 0. The molecule has 21 heavy (non-hydrogen) atoms. The van der Waals surface area contributed by atoms with Crippen molar-refractivity contribution in [2.75, 3.05) is 18.4 Å². The van der Waals surface area contributed by atoms with Crippen molar-refractivity contribution in [1.29, 1.82) is 0 Å². The fourth-order valence-electron chi connectivity index (χ4n) is 1.72. The van der Waals surface area contributed by atoms with E-state index in [0.717, 1.165) is 5.82 Å². The van der Waals surface area contributed by atoms with Gasteiger partial charge in [-0.1, -0.05) is 0 Å². The van der Waals surface area contributed by atoms with E-state index in [0.29, 0.717) is 18.9 Å². The number of aromatic nitrogens is 4. The highest BCUT2D eigenvalue weighted by atomic mass is 32.2. The second-order valence-corrected chi connectivity index (χ2v) is 6.14. The molecule has 0 amide bonds. The lowest BCUT2D eigenvalue weighted by Crippen LogP contribution is -2.27. The molecule has 0 saturated carbocycles. The van der Waals surface area contributed by atoms with Crippen LogP contribution in [0.4, 0.5) is 5.95 Å². The lowest BCUT2D eigenvalue weighted by molar-refractivity contribution is 0.579. The Hall–Kier alpha value is -2.00. The number of nitrogens with zero attached hydrogens (tertiary/aromatic N) is 4. The predicted molar refractivity (Wildman–Crippen MR) is 78.3 cm³/mol. The summed E-state index contributed by atoms with van der Waals surface area (Å²) in [5.74, 6) is 1.22. The molecule has 2 heterocycles. The summed E-state index contributed by atoms with van der Waals surface area (Å²) in [6.07, 6.45) is 6.58. The van der Waals surface area contributed by atoms with Crippen molar-refractivity contribution in [2.45, 2.75) is 18.2 Å². The molecule has 2 N–H and O–H groups in total. The zero-order valence-electron chi connectivity index (χ0n) is 11.9. The van der Waals surface area contributed by atoms with Gasteiger partial charge in [0.2, 0.25) is 16.0 Å². The number of hydrogen-bond donors (Lipinski definition) is 2. The van der Waals surface area contributed by atoms with Crippen molar-refractivity contribution >= 4 is 16.0 Å². The molecule has 9 heteroatoms. The SMILES string of the molecule is CCNc1ncc(S(=O)(=O)NCCc2nccn2C)cn1. The van der Waals surface area contributed by atoms with Crippen LogP contribution in [-0.2, 0) is 23.5 Å². The van der Waals surface area contributed by atoms with E-state index in [1.165, 1.54) is 12.4 Å². The third-order valence-corrected chi connectivity index (χ3v) is 4.25.